The first-order valence-electron chi connectivity index (χ1n) is 8.66. The van der Waals surface area contributed by atoms with Gasteiger partial charge < -0.3 is 10.1 Å². The molecule has 4 nitrogen and oxygen atoms in total. The maximum absolute atomic E-state index is 12.4. The summed E-state index contributed by atoms with van der Waals surface area (Å²) in [4.78, 5) is 24.7. The number of ketones is 1. The number of hydrogen-bond donors (Lipinski definition) is 1. The molecule has 1 aliphatic heterocycles. The van der Waals surface area contributed by atoms with Gasteiger partial charge in [-0.2, -0.15) is 0 Å². The van der Waals surface area contributed by atoms with Crippen molar-refractivity contribution < 1.29 is 14.3 Å². The fourth-order valence-corrected chi connectivity index (χ4v) is 3.16. The average Bonchev–Trinajstić information content (AvgIpc) is 2.62. The second-order valence-electron chi connectivity index (χ2n) is 6.54. The lowest BCUT2D eigenvalue weighted by atomic mass is 9.98. The van der Waals surface area contributed by atoms with Gasteiger partial charge in [0.25, 0.3) is 0 Å². The zero-order valence-electron chi connectivity index (χ0n) is 14.7. The summed E-state index contributed by atoms with van der Waals surface area (Å²) in [6.45, 7) is 4.47. The van der Waals surface area contributed by atoms with Crippen molar-refractivity contribution >= 4 is 11.7 Å². The van der Waals surface area contributed by atoms with Gasteiger partial charge in [0, 0.05) is 30.4 Å². The Bertz CT molecular complexity index is 797. The Morgan fingerprint density at radius 2 is 1.92 bits per heavy atom. The van der Waals surface area contributed by atoms with Crippen molar-refractivity contribution in [3.63, 3.8) is 0 Å². The largest absolute Gasteiger partial charge is 0.493 e. The van der Waals surface area contributed by atoms with E-state index in [4.69, 9.17) is 4.74 Å². The lowest BCUT2D eigenvalue weighted by Crippen LogP contribution is -2.32. The predicted octanol–water partition coefficient (Wildman–Crippen LogP) is 3.91. The fourth-order valence-electron chi connectivity index (χ4n) is 3.16. The van der Waals surface area contributed by atoms with E-state index in [2.05, 4.69) is 5.32 Å². The zero-order chi connectivity index (χ0) is 17.8. The molecule has 4 heteroatoms. The number of hydrogen-bond acceptors (Lipinski definition) is 3. The third kappa shape index (κ3) is 4.08. The van der Waals surface area contributed by atoms with E-state index in [9.17, 15) is 9.59 Å². The molecule has 0 spiro atoms. The summed E-state index contributed by atoms with van der Waals surface area (Å²) in [5.74, 6) is 0.745. The standard InChI is InChI=1S/C21H23NO3/c1-14-7-8-15(2)17(13-14)19(23)9-10-21(24)22-18-11-12-25-20-6-4-3-5-16(18)20/h3-8,13,18H,9-12H2,1-2H3,(H,22,24)/t18-/m1/s1. The smallest absolute Gasteiger partial charge is 0.220 e. The van der Waals surface area contributed by atoms with Crippen molar-refractivity contribution in [3.8, 4) is 5.75 Å². The second kappa shape index (κ2) is 7.51. The van der Waals surface area contributed by atoms with Crippen molar-refractivity contribution in [2.75, 3.05) is 6.61 Å². The van der Waals surface area contributed by atoms with Gasteiger partial charge in [0.15, 0.2) is 5.78 Å². The Kier molecular flexibility index (Phi) is 5.17. The molecular formula is C21H23NO3. The lowest BCUT2D eigenvalue weighted by Gasteiger charge is -2.26. The van der Waals surface area contributed by atoms with Gasteiger partial charge in [-0.1, -0.05) is 35.9 Å². The molecule has 1 N–H and O–H groups in total. The van der Waals surface area contributed by atoms with E-state index < -0.39 is 0 Å². The van der Waals surface area contributed by atoms with Crippen LogP contribution >= 0.6 is 0 Å². The number of Topliss-reactive ketones (excluding diaryl/α,β-unsaturated/α-hetero) is 1. The van der Waals surface area contributed by atoms with Gasteiger partial charge in [-0.15, -0.1) is 0 Å². The number of rotatable bonds is 5. The number of ether oxygens (including phenoxy) is 1. The van der Waals surface area contributed by atoms with Gasteiger partial charge >= 0.3 is 0 Å². The zero-order valence-corrected chi connectivity index (χ0v) is 14.7. The first kappa shape index (κ1) is 17.2. The minimum absolute atomic E-state index is 0.0173. The summed E-state index contributed by atoms with van der Waals surface area (Å²) in [6, 6.07) is 13.5. The van der Waals surface area contributed by atoms with Crippen LogP contribution < -0.4 is 10.1 Å². The molecule has 130 valence electrons. The monoisotopic (exact) mass is 337 g/mol. The maximum Gasteiger partial charge on any atom is 0.220 e. The highest BCUT2D eigenvalue weighted by atomic mass is 16.5. The summed E-state index contributed by atoms with van der Waals surface area (Å²) in [7, 11) is 0. The molecule has 1 aliphatic rings. The third-order valence-corrected chi connectivity index (χ3v) is 4.57. The topological polar surface area (TPSA) is 55.4 Å². The van der Waals surface area contributed by atoms with Gasteiger partial charge in [0.1, 0.15) is 5.75 Å². The van der Waals surface area contributed by atoms with Gasteiger partial charge in [-0.25, -0.2) is 0 Å². The molecule has 2 aromatic carbocycles. The highest BCUT2D eigenvalue weighted by Gasteiger charge is 2.22. The molecule has 1 heterocycles. The van der Waals surface area contributed by atoms with Gasteiger partial charge in [0.2, 0.25) is 5.91 Å². The summed E-state index contributed by atoms with van der Waals surface area (Å²) in [5.41, 5.74) is 3.72. The first-order chi connectivity index (χ1) is 12.0. The lowest BCUT2D eigenvalue weighted by molar-refractivity contribution is -0.122. The van der Waals surface area contributed by atoms with Crippen LogP contribution in [0.4, 0.5) is 0 Å². The van der Waals surface area contributed by atoms with Crippen molar-refractivity contribution in [1.29, 1.82) is 0 Å². The van der Waals surface area contributed by atoms with E-state index >= 15 is 0 Å². The van der Waals surface area contributed by atoms with E-state index in [-0.39, 0.29) is 30.6 Å². The highest BCUT2D eigenvalue weighted by molar-refractivity contribution is 5.99. The van der Waals surface area contributed by atoms with Crippen LogP contribution in [0, 0.1) is 13.8 Å². The Labute approximate surface area is 148 Å². The number of fused-ring (bicyclic) bond motifs is 1. The molecule has 1 atom stereocenters. The van der Waals surface area contributed by atoms with Crippen molar-refractivity contribution in [2.24, 2.45) is 0 Å². The second-order valence-corrected chi connectivity index (χ2v) is 6.54. The van der Waals surface area contributed by atoms with Gasteiger partial charge in [-0.05, 0) is 31.5 Å². The Hall–Kier alpha value is -2.62. The van der Waals surface area contributed by atoms with Crippen LogP contribution in [-0.2, 0) is 4.79 Å². The van der Waals surface area contributed by atoms with Crippen LogP contribution in [0.15, 0.2) is 42.5 Å². The van der Waals surface area contributed by atoms with Crippen LogP contribution in [-0.4, -0.2) is 18.3 Å². The molecule has 0 radical (unpaired) electrons. The number of amides is 1. The average molecular weight is 337 g/mol. The molecule has 0 aromatic heterocycles. The number of carbonyl (C=O) groups is 2. The van der Waals surface area contributed by atoms with Crippen LogP contribution in [0.25, 0.3) is 0 Å². The molecule has 2 aromatic rings. The maximum atomic E-state index is 12.4. The Morgan fingerprint density at radius 3 is 2.76 bits per heavy atom. The van der Waals surface area contributed by atoms with E-state index in [0.717, 1.165) is 28.9 Å². The summed E-state index contributed by atoms with van der Waals surface area (Å²) < 4.78 is 5.61. The van der Waals surface area contributed by atoms with Gasteiger partial charge in [0.05, 0.1) is 12.6 Å². The number of aryl methyl sites for hydroxylation is 2. The van der Waals surface area contributed by atoms with Crippen molar-refractivity contribution in [3.05, 3.63) is 64.7 Å². The molecule has 0 aliphatic carbocycles. The van der Waals surface area contributed by atoms with Crippen LogP contribution in [0.5, 0.6) is 5.75 Å². The third-order valence-electron chi connectivity index (χ3n) is 4.57. The van der Waals surface area contributed by atoms with E-state index in [1.165, 1.54) is 0 Å². The Balaban J connectivity index is 1.59. The highest BCUT2D eigenvalue weighted by Crippen LogP contribution is 2.31. The molecule has 3 rings (SSSR count). The fraction of sp³-hybridized carbons (Fsp3) is 0.333. The Morgan fingerprint density at radius 1 is 1.12 bits per heavy atom. The molecule has 0 fully saturated rings. The number of carbonyl (C=O) groups excluding carboxylic acids is 2. The molecule has 25 heavy (non-hydrogen) atoms. The van der Waals surface area contributed by atoms with E-state index in [1.807, 2.05) is 56.3 Å². The number of benzene rings is 2. The summed E-state index contributed by atoms with van der Waals surface area (Å²) >= 11 is 0. The van der Waals surface area contributed by atoms with E-state index in [0.29, 0.717) is 12.2 Å². The number of nitrogens with one attached hydrogen (secondary N) is 1. The predicted molar refractivity (Wildman–Crippen MR) is 96.9 cm³/mol. The van der Waals surface area contributed by atoms with E-state index in [1.54, 1.807) is 0 Å². The quantitative estimate of drug-likeness (QED) is 0.842. The molecular weight excluding hydrogens is 314 g/mol. The minimum Gasteiger partial charge on any atom is -0.493 e. The number of para-hydroxylation sites is 1. The van der Waals surface area contributed by atoms with Gasteiger partial charge in [-0.3, -0.25) is 9.59 Å². The molecule has 0 bridgehead atoms. The molecule has 1 amide bonds. The normalized spacial score (nSPS) is 15.8. The SMILES string of the molecule is Cc1ccc(C)c(C(=O)CCC(=O)N[C@@H]2CCOc3ccccc32)c1. The van der Waals surface area contributed by atoms with Crippen molar-refractivity contribution in [1.82, 2.24) is 5.32 Å². The van der Waals surface area contributed by atoms with Crippen LogP contribution in [0.2, 0.25) is 0 Å². The van der Waals surface area contributed by atoms with Crippen LogP contribution in [0.1, 0.15) is 52.4 Å². The van der Waals surface area contributed by atoms with Crippen molar-refractivity contribution in [2.45, 2.75) is 39.2 Å². The summed E-state index contributed by atoms with van der Waals surface area (Å²) in [6.07, 6.45) is 1.17. The molecule has 0 unspecified atom stereocenters. The minimum atomic E-state index is -0.0969. The van der Waals surface area contributed by atoms with Crippen LogP contribution in [0.3, 0.4) is 0 Å². The molecule has 0 saturated heterocycles. The molecule has 0 saturated carbocycles. The summed E-state index contributed by atoms with van der Waals surface area (Å²) in [5, 5.41) is 3.04. The first-order valence-corrected chi connectivity index (χ1v) is 8.66.